The van der Waals surface area contributed by atoms with Crippen LogP contribution in [0.25, 0.3) is 0 Å². The molecule has 0 amide bonds. The van der Waals surface area contributed by atoms with Gasteiger partial charge in [-0.3, -0.25) is 4.79 Å². The van der Waals surface area contributed by atoms with Crippen LogP contribution in [0.15, 0.2) is 121 Å². The highest BCUT2D eigenvalue weighted by molar-refractivity contribution is 7.68. The molecule has 0 bridgehead atoms. The van der Waals surface area contributed by atoms with Crippen molar-refractivity contribution in [2.45, 2.75) is 0 Å². The number of carbonyl (C=O) groups excluding carboxylic acids is 1. The first kappa shape index (κ1) is 22.5. The van der Waals surface area contributed by atoms with Gasteiger partial charge in [0.25, 0.3) is 0 Å². The van der Waals surface area contributed by atoms with Crippen LogP contribution in [0.4, 0.5) is 0 Å². The molecule has 0 N–H and O–H groups in total. The van der Waals surface area contributed by atoms with Crippen molar-refractivity contribution in [3.8, 4) is 0 Å². The lowest BCUT2D eigenvalue weighted by molar-refractivity contribution is -0.122. The molecule has 0 aliphatic rings. The van der Waals surface area contributed by atoms with Gasteiger partial charge in [0.1, 0.15) is 13.2 Å². The fraction of sp³-hybridized carbons (Fsp3) is 0.0741. The summed E-state index contributed by atoms with van der Waals surface area (Å²) in [4.78, 5) is 12.7. The van der Waals surface area contributed by atoms with Crippen molar-refractivity contribution in [1.82, 2.24) is 0 Å². The fourth-order valence-corrected chi connectivity index (χ4v) is 6.68. The van der Waals surface area contributed by atoms with E-state index in [1.807, 2.05) is 121 Å². The standard InChI is InChI=1S/C27H24O3P2/c28-23(21-29-31(24-13-5-1-6-14-24)25-15-7-2-8-16-25)22-30-32(26-17-9-3-10-18-26)27-19-11-4-12-20-27/h1-20H,21-22H2. The van der Waals surface area contributed by atoms with Crippen molar-refractivity contribution in [3.63, 3.8) is 0 Å². The third kappa shape index (κ3) is 6.19. The first-order valence-corrected chi connectivity index (χ1v) is 12.9. The number of hydrogen-bond acceptors (Lipinski definition) is 3. The normalized spacial score (nSPS) is 11.1. The molecular weight excluding hydrogens is 434 g/mol. The molecule has 160 valence electrons. The summed E-state index contributed by atoms with van der Waals surface area (Å²) >= 11 is 0. The van der Waals surface area contributed by atoms with Gasteiger partial charge >= 0.3 is 0 Å². The predicted molar refractivity (Wildman–Crippen MR) is 135 cm³/mol. The lowest BCUT2D eigenvalue weighted by Crippen LogP contribution is -2.21. The molecule has 0 radical (unpaired) electrons. The highest BCUT2D eigenvalue weighted by atomic mass is 31.1. The van der Waals surface area contributed by atoms with Crippen LogP contribution >= 0.6 is 16.3 Å². The number of Topliss-reactive ketones (excluding diaryl/α,β-unsaturated/α-hetero) is 1. The van der Waals surface area contributed by atoms with Crippen molar-refractivity contribution >= 4 is 43.3 Å². The average molecular weight is 458 g/mol. The average Bonchev–Trinajstić information content (AvgIpc) is 2.87. The van der Waals surface area contributed by atoms with Gasteiger partial charge in [0.2, 0.25) is 0 Å². The van der Waals surface area contributed by atoms with Crippen molar-refractivity contribution in [3.05, 3.63) is 121 Å². The molecule has 0 saturated heterocycles. The molecule has 0 unspecified atom stereocenters. The van der Waals surface area contributed by atoms with Gasteiger partial charge in [0.15, 0.2) is 5.78 Å². The number of hydrogen-bond donors (Lipinski definition) is 0. The minimum Gasteiger partial charge on any atom is -0.342 e. The van der Waals surface area contributed by atoms with Crippen LogP contribution in [0.3, 0.4) is 0 Å². The van der Waals surface area contributed by atoms with E-state index in [1.54, 1.807) is 0 Å². The molecule has 0 fully saturated rings. The molecule has 0 saturated carbocycles. The molecule has 3 nitrogen and oxygen atoms in total. The molecule has 0 aromatic heterocycles. The minimum absolute atomic E-state index is 0.0161. The molecule has 0 aliphatic heterocycles. The Labute approximate surface area is 191 Å². The van der Waals surface area contributed by atoms with Gasteiger partial charge in [-0.1, -0.05) is 121 Å². The van der Waals surface area contributed by atoms with Crippen LogP contribution in [-0.2, 0) is 13.8 Å². The lowest BCUT2D eigenvalue weighted by Gasteiger charge is -2.20. The van der Waals surface area contributed by atoms with Gasteiger partial charge in [0, 0.05) is 21.2 Å². The Balaban J connectivity index is 1.43. The largest absolute Gasteiger partial charge is 0.342 e. The van der Waals surface area contributed by atoms with E-state index in [2.05, 4.69) is 0 Å². The minimum atomic E-state index is -1.07. The Morgan fingerprint density at radius 3 is 0.969 bits per heavy atom. The van der Waals surface area contributed by atoms with E-state index in [0.29, 0.717) is 0 Å². The van der Waals surface area contributed by atoms with Gasteiger partial charge in [-0.2, -0.15) is 0 Å². The van der Waals surface area contributed by atoms with Crippen LogP contribution in [0, 0.1) is 0 Å². The maximum absolute atomic E-state index is 12.7. The number of benzene rings is 4. The van der Waals surface area contributed by atoms with E-state index < -0.39 is 16.3 Å². The Morgan fingerprint density at radius 2 is 0.719 bits per heavy atom. The van der Waals surface area contributed by atoms with E-state index in [0.717, 1.165) is 21.2 Å². The molecule has 5 heteroatoms. The molecular formula is C27H24O3P2. The first-order chi connectivity index (χ1) is 15.8. The monoisotopic (exact) mass is 458 g/mol. The van der Waals surface area contributed by atoms with Crippen molar-refractivity contribution < 1.29 is 13.8 Å². The maximum atomic E-state index is 12.7. The van der Waals surface area contributed by atoms with Crippen molar-refractivity contribution in [1.29, 1.82) is 0 Å². The molecule has 0 spiro atoms. The number of ketones is 1. The van der Waals surface area contributed by atoms with E-state index in [4.69, 9.17) is 9.05 Å². The Morgan fingerprint density at radius 1 is 0.469 bits per heavy atom. The molecule has 4 aromatic carbocycles. The Kier molecular flexibility index (Phi) is 8.31. The van der Waals surface area contributed by atoms with Crippen LogP contribution in [0.1, 0.15) is 0 Å². The van der Waals surface area contributed by atoms with Gasteiger partial charge in [0.05, 0.1) is 16.3 Å². The molecule has 4 aromatic rings. The molecule has 0 aliphatic carbocycles. The topological polar surface area (TPSA) is 35.5 Å². The van der Waals surface area contributed by atoms with Crippen molar-refractivity contribution in [2.75, 3.05) is 13.2 Å². The maximum Gasteiger partial charge on any atom is 0.184 e. The summed E-state index contributed by atoms with van der Waals surface area (Å²) in [6, 6.07) is 40.3. The van der Waals surface area contributed by atoms with Crippen LogP contribution in [0.2, 0.25) is 0 Å². The predicted octanol–water partition coefficient (Wildman–Crippen LogP) is 4.68. The second-order valence-corrected chi connectivity index (χ2v) is 10.8. The summed E-state index contributed by atoms with van der Waals surface area (Å²) < 4.78 is 12.3. The van der Waals surface area contributed by atoms with Crippen LogP contribution < -0.4 is 21.2 Å². The highest BCUT2D eigenvalue weighted by Crippen LogP contribution is 2.36. The molecule has 0 heterocycles. The summed E-state index contributed by atoms with van der Waals surface area (Å²) in [7, 11) is -2.14. The van der Waals surface area contributed by atoms with Crippen molar-refractivity contribution in [2.24, 2.45) is 0 Å². The Hall–Kier alpha value is -2.67. The van der Waals surface area contributed by atoms with Crippen LogP contribution in [0.5, 0.6) is 0 Å². The van der Waals surface area contributed by atoms with Crippen LogP contribution in [-0.4, -0.2) is 19.0 Å². The van der Waals surface area contributed by atoms with Gasteiger partial charge in [-0.25, -0.2) is 0 Å². The molecule has 4 rings (SSSR count). The fourth-order valence-electron chi connectivity index (χ4n) is 3.16. The third-order valence-electron chi connectivity index (χ3n) is 4.67. The zero-order valence-electron chi connectivity index (χ0n) is 17.6. The third-order valence-corrected chi connectivity index (χ3v) is 8.52. The summed E-state index contributed by atoms with van der Waals surface area (Å²) in [6.07, 6.45) is 0. The van der Waals surface area contributed by atoms with E-state index in [9.17, 15) is 4.79 Å². The number of rotatable bonds is 10. The zero-order valence-corrected chi connectivity index (χ0v) is 19.4. The Bertz CT molecular complexity index is 923. The number of carbonyl (C=O) groups is 1. The second kappa shape index (κ2) is 11.8. The summed E-state index contributed by atoms with van der Waals surface area (Å²) in [5.41, 5.74) is 0. The van der Waals surface area contributed by atoms with Gasteiger partial charge in [-0.05, 0) is 0 Å². The van der Waals surface area contributed by atoms with E-state index in [-0.39, 0.29) is 19.0 Å². The van der Waals surface area contributed by atoms with E-state index in [1.165, 1.54) is 0 Å². The quantitative estimate of drug-likeness (QED) is 0.324. The second-order valence-electron chi connectivity index (χ2n) is 7.02. The summed E-state index contributed by atoms with van der Waals surface area (Å²) in [5.74, 6) is -0.0660. The summed E-state index contributed by atoms with van der Waals surface area (Å²) in [5, 5.41) is 4.33. The van der Waals surface area contributed by atoms with Gasteiger partial charge in [-0.15, -0.1) is 0 Å². The van der Waals surface area contributed by atoms with E-state index >= 15 is 0 Å². The molecule has 32 heavy (non-hydrogen) atoms. The first-order valence-electron chi connectivity index (χ1n) is 10.4. The lowest BCUT2D eigenvalue weighted by atomic mass is 10.4. The zero-order chi connectivity index (χ0) is 22.0. The highest BCUT2D eigenvalue weighted by Gasteiger charge is 2.19. The SMILES string of the molecule is O=C(COP(c1ccccc1)c1ccccc1)COP(c1ccccc1)c1ccccc1. The molecule has 0 atom stereocenters. The summed E-state index contributed by atoms with van der Waals surface area (Å²) in [6.45, 7) is 0.0322. The van der Waals surface area contributed by atoms with Gasteiger partial charge < -0.3 is 9.05 Å². The smallest absolute Gasteiger partial charge is 0.184 e.